The van der Waals surface area contributed by atoms with Crippen LogP contribution in [0, 0.1) is 0 Å². The second-order valence-corrected chi connectivity index (χ2v) is 7.17. The molecule has 0 atom stereocenters. The number of hydrogen-bond donors (Lipinski definition) is 2. The first-order chi connectivity index (χ1) is 7.73. The van der Waals surface area contributed by atoms with Crippen molar-refractivity contribution < 1.29 is 18.3 Å². The summed E-state index contributed by atoms with van der Waals surface area (Å²) in [4.78, 5) is 10.5. The molecule has 5 nitrogen and oxygen atoms in total. The van der Waals surface area contributed by atoms with Gasteiger partial charge in [0.15, 0.2) is 0 Å². The molecule has 0 amide bonds. The lowest BCUT2D eigenvalue weighted by molar-refractivity contribution is -0.137. The Labute approximate surface area is 105 Å². The second-order valence-electron chi connectivity index (χ2n) is 4.32. The lowest BCUT2D eigenvalue weighted by Crippen LogP contribution is -2.43. The SMILES string of the molecule is CC(C)(CCC(=O)O)NS(=O)(=O)c1cccs1. The van der Waals surface area contributed by atoms with Gasteiger partial charge in [-0.25, -0.2) is 13.1 Å². The van der Waals surface area contributed by atoms with E-state index in [0.29, 0.717) is 0 Å². The fourth-order valence-electron chi connectivity index (χ4n) is 1.30. The van der Waals surface area contributed by atoms with Crippen LogP contribution in [0.2, 0.25) is 0 Å². The Morgan fingerprint density at radius 1 is 1.53 bits per heavy atom. The summed E-state index contributed by atoms with van der Waals surface area (Å²) in [5, 5.41) is 10.3. The average Bonchev–Trinajstić information content (AvgIpc) is 2.66. The summed E-state index contributed by atoms with van der Waals surface area (Å²) in [5.74, 6) is -0.937. The van der Waals surface area contributed by atoms with Crippen molar-refractivity contribution in [2.75, 3.05) is 0 Å². The largest absolute Gasteiger partial charge is 0.481 e. The smallest absolute Gasteiger partial charge is 0.303 e. The van der Waals surface area contributed by atoms with Crippen molar-refractivity contribution in [3.63, 3.8) is 0 Å². The molecule has 0 saturated carbocycles. The molecule has 0 radical (unpaired) electrons. The van der Waals surface area contributed by atoms with E-state index in [2.05, 4.69) is 4.72 Å². The van der Waals surface area contributed by atoms with Gasteiger partial charge in [0.1, 0.15) is 4.21 Å². The van der Waals surface area contributed by atoms with Gasteiger partial charge >= 0.3 is 5.97 Å². The monoisotopic (exact) mass is 277 g/mol. The maximum atomic E-state index is 11.9. The van der Waals surface area contributed by atoms with Crippen LogP contribution in [0.3, 0.4) is 0 Å². The molecule has 1 aromatic heterocycles. The van der Waals surface area contributed by atoms with Crippen molar-refractivity contribution >= 4 is 27.3 Å². The maximum Gasteiger partial charge on any atom is 0.303 e. The predicted molar refractivity (Wildman–Crippen MR) is 65.6 cm³/mol. The van der Waals surface area contributed by atoms with Crippen LogP contribution < -0.4 is 4.72 Å². The lowest BCUT2D eigenvalue weighted by Gasteiger charge is -2.24. The first-order valence-electron chi connectivity index (χ1n) is 5.02. The summed E-state index contributed by atoms with van der Waals surface area (Å²) >= 11 is 1.13. The van der Waals surface area contributed by atoms with Gasteiger partial charge in [-0.1, -0.05) is 6.07 Å². The zero-order chi connectivity index (χ0) is 13.1. The molecular weight excluding hydrogens is 262 g/mol. The Morgan fingerprint density at radius 2 is 2.18 bits per heavy atom. The van der Waals surface area contributed by atoms with Gasteiger partial charge in [-0.15, -0.1) is 11.3 Å². The van der Waals surface area contributed by atoms with Crippen LogP contribution >= 0.6 is 11.3 Å². The van der Waals surface area contributed by atoms with Gasteiger partial charge in [0.2, 0.25) is 0 Å². The van der Waals surface area contributed by atoms with E-state index in [9.17, 15) is 13.2 Å². The Balaban J connectivity index is 2.73. The third kappa shape index (κ3) is 4.45. The van der Waals surface area contributed by atoms with Gasteiger partial charge in [-0.2, -0.15) is 0 Å². The van der Waals surface area contributed by atoms with E-state index < -0.39 is 21.5 Å². The van der Waals surface area contributed by atoms with Gasteiger partial charge in [0.25, 0.3) is 10.0 Å². The number of hydrogen-bond acceptors (Lipinski definition) is 4. The number of rotatable bonds is 6. The van der Waals surface area contributed by atoms with Crippen molar-refractivity contribution in [1.82, 2.24) is 4.72 Å². The van der Waals surface area contributed by atoms with Crippen LogP contribution in [0.25, 0.3) is 0 Å². The standard InChI is InChI=1S/C10H15NO4S2/c1-10(2,6-5-8(12)13)11-17(14,15)9-4-3-7-16-9/h3-4,7,11H,5-6H2,1-2H3,(H,12,13). The van der Waals surface area contributed by atoms with Gasteiger partial charge in [0.05, 0.1) is 0 Å². The van der Waals surface area contributed by atoms with Crippen LogP contribution in [0.4, 0.5) is 0 Å². The molecule has 0 unspecified atom stereocenters. The van der Waals surface area contributed by atoms with Gasteiger partial charge in [0, 0.05) is 12.0 Å². The minimum Gasteiger partial charge on any atom is -0.481 e. The van der Waals surface area contributed by atoms with E-state index in [1.165, 1.54) is 6.07 Å². The number of carboxylic acids is 1. The van der Waals surface area contributed by atoms with Crippen LogP contribution in [0.15, 0.2) is 21.7 Å². The van der Waals surface area contributed by atoms with E-state index >= 15 is 0 Å². The maximum absolute atomic E-state index is 11.9. The minimum atomic E-state index is -3.55. The highest BCUT2D eigenvalue weighted by Crippen LogP contribution is 2.20. The third-order valence-corrected chi connectivity index (χ3v) is 5.23. The molecule has 0 aliphatic carbocycles. The molecule has 1 heterocycles. The van der Waals surface area contributed by atoms with Crippen molar-refractivity contribution in [1.29, 1.82) is 0 Å². The van der Waals surface area contributed by atoms with Crippen molar-refractivity contribution in [2.45, 2.75) is 36.4 Å². The Morgan fingerprint density at radius 3 is 2.65 bits per heavy atom. The van der Waals surface area contributed by atoms with E-state index in [1.807, 2.05) is 0 Å². The van der Waals surface area contributed by atoms with E-state index in [1.54, 1.807) is 25.3 Å². The van der Waals surface area contributed by atoms with E-state index in [0.717, 1.165) is 11.3 Å². The number of aliphatic carboxylic acids is 1. The third-order valence-electron chi connectivity index (χ3n) is 2.13. The van der Waals surface area contributed by atoms with Crippen LogP contribution in [0.1, 0.15) is 26.7 Å². The molecule has 0 aliphatic rings. The Kier molecular flexibility index (Phi) is 4.29. The molecule has 2 N–H and O–H groups in total. The molecule has 0 fully saturated rings. The molecule has 1 rings (SSSR count). The summed E-state index contributed by atoms with van der Waals surface area (Å²) in [6.07, 6.45) is 0.174. The highest BCUT2D eigenvalue weighted by Gasteiger charge is 2.27. The van der Waals surface area contributed by atoms with Gasteiger partial charge in [-0.05, 0) is 31.7 Å². The lowest BCUT2D eigenvalue weighted by atomic mass is 10.0. The minimum absolute atomic E-state index is 0.0695. The highest BCUT2D eigenvalue weighted by molar-refractivity contribution is 7.91. The van der Waals surface area contributed by atoms with Crippen molar-refractivity contribution in [3.8, 4) is 0 Å². The second kappa shape index (κ2) is 5.16. The summed E-state index contributed by atoms with van der Waals surface area (Å²) < 4.78 is 26.6. The molecule has 0 aliphatic heterocycles. The molecule has 17 heavy (non-hydrogen) atoms. The van der Waals surface area contributed by atoms with Crippen LogP contribution in [-0.4, -0.2) is 25.0 Å². The molecule has 1 aromatic rings. The normalized spacial score (nSPS) is 12.6. The number of carbonyl (C=O) groups is 1. The molecule has 0 spiro atoms. The quantitative estimate of drug-likeness (QED) is 0.828. The zero-order valence-electron chi connectivity index (χ0n) is 9.63. The Hall–Kier alpha value is -0.920. The summed E-state index contributed by atoms with van der Waals surface area (Å²) in [7, 11) is -3.55. The fourth-order valence-corrected chi connectivity index (χ4v) is 3.74. The Bertz CT molecular complexity index is 476. The number of thiophene rings is 1. The van der Waals surface area contributed by atoms with Crippen LogP contribution in [0.5, 0.6) is 0 Å². The van der Waals surface area contributed by atoms with Gasteiger partial charge in [-0.3, -0.25) is 4.79 Å². The number of carboxylic acid groups (broad SMARTS) is 1. The molecular formula is C10H15NO4S2. The number of nitrogens with one attached hydrogen (secondary N) is 1. The number of sulfonamides is 1. The molecule has 0 saturated heterocycles. The first-order valence-corrected chi connectivity index (χ1v) is 7.38. The van der Waals surface area contributed by atoms with E-state index in [-0.39, 0.29) is 17.1 Å². The van der Waals surface area contributed by atoms with Crippen molar-refractivity contribution in [2.24, 2.45) is 0 Å². The predicted octanol–water partition coefficient (Wildman–Crippen LogP) is 1.67. The first kappa shape index (κ1) is 14.1. The highest BCUT2D eigenvalue weighted by atomic mass is 32.2. The molecule has 7 heteroatoms. The molecule has 0 aromatic carbocycles. The molecule has 96 valence electrons. The molecule has 0 bridgehead atoms. The van der Waals surface area contributed by atoms with Crippen molar-refractivity contribution in [3.05, 3.63) is 17.5 Å². The topological polar surface area (TPSA) is 83.5 Å². The zero-order valence-corrected chi connectivity index (χ0v) is 11.3. The summed E-state index contributed by atoms with van der Waals surface area (Å²) in [5.41, 5.74) is -0.777. The van der Waals surface area contributed by atoms with Gasteiger partial charge < -0.3 is 5.11 Å². The summed E-state index contributed by atoms with van der Waals surface area (Å²) in [6, 6.07) is 3.17. The average molecular weight is 277 g/mol. The van der Waals surface area contributed by atoms with E-state index in [4.69, 9.17) is 5.11 Å². The summed E-state index contributed by atoms with van der Waals surface area (Å²) in [6.45, 7) is 3.34. The fraction of sp³-hybridized carbons (Fsp3) is 0.500. The van der Waals surface area contributed by atoms with Crippen LogP contribution in [-0.2, 0) is 14.8 Å².